The maximum atomic E-state index is 5.91. The minimum absolute atomic E-state index is 0.725. The van der Waals surface area contributed by atoms with E-state index < -0.39 is 0 Å². The van der Waals surface area contributed by atoms with Crippen molar-refractivity contribution in [2.75, 3.05) is 11.1 Å². The molecule has 0 aliphatic rings. The highest BCUT2D eigenvalue weighted by Crippen LogP contribution is 2.27. The van der Waals surface area contributed by atoms with Crippen LogP contribution in [0.4, 0.5) is 17.1 Å². The molecule has 2 aromatic rings. The first-order valence-electron chi connectivity index (χ1n) is 5.04. The van der Waals surface area contributed by atoms with Crippen molar-refractivity contribution in [1.29, 1.82) is 0 Å². The number of halogens is 1. The molecule has 2 nitrogen and oxygen atoms in total. The van der Waals surface area contributed by atoms with Gasteiger partial charge >= 0.3 is 0 Å². The monoisotopic (exact) mass is 232 g/mol. The smallest absolute Gasteiger partial charge is 0.0647 e. The first-order chi connectivity index (χ1) is 7.66. The van der Waals surface area contributed by atoms with Crippen LogP contribution >= 0.6 is 11.6 Å². The van der Waals surface area contributed by atoms with Crippen LogP contribution in [0.3, 0.4) is 0 Å². The van der Waals surface area contributed by atoms with E-state index in [9.17, 15) is 0 Å². The van der Waals surface area contributed by atoms with Gasteiger partial charge in [0.25, 0.3) is 0 Å². The molecule has 0 saturated heterocycles. The van der Waals surface area contributed by atoms with Gasteiger partial charge in [-0.2, -0.15) is 0 Å². The Morgan fingerprint density at radius 3 is 2.38 bits per heavy atom. The van der Waals surface area contributed by atoms with E-state index in [1.54, 1.807) is 0 Å². The van der Waals surface area contributed by atoms with Crippen LogP contribution in [0, 0.1) is 6.92 Å². The Balaban J connectivity index is 2.30. The predicted octanol–water partition coefficient (Wildman–Crippen LogP) is 3.97. The van der Waals surface area contributed by atoms with Crippen molar-refractivity contribution in [1.82, 2.24) is 0 Å². The molecule has 0 aromatic heterocycles. The normalized spacial score (nSPS) is 10.1. The van der Waals surface area contributed by atoms with Crippen molar-refractivity contribution in [3.63, 3.8) is 0 Å². The number of nitrogen functional groups attached to an aromatic ring is 1. The number of anilines is 3. The fourth-order valence-corrected chi connectivity index (χ4v) is 1.66. The van der Waals surface area contributed by atoms with Crippen LogP contribution in [0.5, 0.6) is 0 Å². The summed E-state index contributed by atoms with van der Waals surface area (Å²) in [4.78, 5) is 0. The average Bonchev–Trinajstić information content (AvgIpc) is 2.26. The molecule has 0 amide bonds. The molecule has 0 unspecified atom stereocenters. The van der Waals surface area contributed by atoms with Crippen LogP contribution in [0.25, 0.3) is 0 Å². The van der Waals surface area contributed by atoms with Crippen LogP contribution < -0.4 is 11.1 Å². The summed E-state index contributed by atoms with van der Waals surface area (Å²) in [5.74, 6) is 0. The number of para-hydroxylation sites is 1. The predicted molar refractivity (Wildman–Crippen MR) is 70.3 cm³/mol. The first-order valence-corrected chi connectivity index (χ1v) is 5.42. The van der Waals surface area contributed by atoms with Gasteiger partial charge in [0.05, 0.1) is 11.4 Å². The highest BCUT2D eigenvalue weighted by Gasteiger charge is 2.02. The second-order valence-corrected chi connectivity index (χ2v) is 4.11. The maximum Gasteiger partial charge on any atom is 0.0647 e. The summed E-state index contributed by atoms with van der Waals surface area (Å²) in [5.41, 5.74) is 9.70. The summed E-state index contributed by atoms with van der Waals surface area (Å²) < 4.78 is 0. The van der Waals surface area contributed by atoms with E-state index in [0.29, 0.717) is 0 Å². The Morgan fingerprint density at radius 1 is 1.06 bits per heavy atom. The molecule has 0 saturated carbocycles. The second kappa shape index (κ2) is 4.45. The number of nitrogens with two attached hydrogens (primary N) is 1. The van der Waals surface area contributed by atoms with Gasteiger partial charge < -0.3 is 11.1 Å². The van der Waals surface area contributed by atoms with Crippen LogP contribution in [0.1, 0.15) is 5.56 Å². The molecule has 0 radical (unpaired) electrons. The topological polar surface area (TPSA) is 38.0 Å². The van der Waals surface area contributed by atoms with Crippen molar-refractivity contribution in [3.8, 4) is 0 Å². The molecule has 0 aliphatic carbocycles. The average molecular weight is 233 g/mol. The molecule has 16 heavy (non-hydrogen) atoms. The molecule has 0 aliphatic heterocycles. The summed E-state index contributed by atoms with van der Waals surface area (Å²) in [6, 6.07) is 13.4. The number of nitrogens with one attached hydrogen (secondary N) is 1. The van der Waals surface area contributed by atoms with Crippen LogP contribution in [-0.2, 0) is 0 Å². The third-order valence-electron chi connectivity index (χ3n) is 2.42. The highest BCUT2D eigenvalue weighted by atomic mass is 35.5. The number of benzene rings is 2. The standard InChI is InChI=1S/C13H13ClN2/c1-9-3-2-4-12(15)13(9)16-11-7-5-10(14)6-8-11/h2-8,16H,15H2,1H3. The van der Waals surface area contributed by atoms with Gasteiger partial charge in [0.2, 0.25) is 0 Å². The zero-order valence-electron chi connectivity index (χ0n) is 9.00. The van der Waals surface area contributed by atoms with Crippen molar-refractivity contribution in [3.05, 3.63) is 53.1 Å². The van der Waals surface area contributed by atoms with Crippen LogP contribution in [0.15, 0.2) is 42.5 Å². The minimum Gasteiger partial charge on any atom is -0.397 e. The quantitative estimate of drug-likeness (QED) is 0.769. The molecular formula is C13H13ClN2. The lowest BCUT2D eigenvalue weighted by Gasteiger charge is -2.12. The Bertz CT molecular complexity index is 472. The van der Waals surface area contributed by atoms with Gasteiger partial charge in [-0.05, 0) is 42.8 Å². The van der Waals surface area contributed by atoms with E-state index >= 15 is 0 Å². The van der Waals surface area contributed by atoms with Gasteiger partial charge in [-0.3, -0.25) is 0 Å². The summed E-state index contributed by atoms with van der Waals surface area (Å²) in [7, 11) is 0. The molecule has 2 aromatic carbocycles. The summed E-state index contributed by atoms with van der Waals surface area (Å²) in [6.45, 7) is 2.02. The van der Waals surface area contributed by atoms with E-state index in [1.807, 2.05) is 49.4 Å². The fraction of sp³-hybridized carbons (Fsp3) is 0.0769. The van der Waals surface area contributed by atoms with Crippen LogP contribution in [-0.4, -0.2) is 0 Å². The van der Waals surface area contributed by atoms with E-state index in [1.165, 1.54) is 0 Å². The number of hydrogen-bond acceptors (Lipinski definition) is 2. The molecule has 3 N–H and O–H groups in total. The van der Waals surface area contributed by atoms with Crippen molar-refractivity contribution < 1.29 is 0 Å². The number of hydrogen-bond donors (Lipinski definition) is 2. The lowest BCUT2D eigenvalue weighted by atomic mass is 10.1. The lowest BCUT2D eigenvalue weighted by Crippen LogP contribution is -1.98. The molecule has 0 bridgehead atoms. The van der Waals surface area contributed by atoms with Gasteiger partial charge in [-0.25, -0.2) is 0 Å². The molecule has 82 valence electrons. The van der Waals surface area contributed by atoms with Gasteiger partial charge in [-0.15, -0.1) is 0 Å². The Morgan fingerprint density at radius 2 is 1.75 bits per heavy atom. The Kier molecular flexibility index (Phi) is 3.02. The molecular weight excluding hydrogens is 220 g/mol. The number of rotatable bonds is 2. The van der Waals surface area contributed by atoms with Crippen molar-refractivity contribution >= 4 is 28.7 Å². The highest BCUT2D eigenvalue weighted by molar-refractivity contribution is 6.30. The summed E-state index contributed by atoms with van der Waals surface area (Å²) in [5, 5.41) is 4.01. The molecule has 0 atom stereocenters. The molecule has 0 fully saturated rings. The van der Waals surface area contributed by atoms with E-state index in [2.05, 4.69) is 5.32 Å². The molecule has 2 rings (SSSR count). The van der Waals surface area contributed by atoms with Gasteiger partial charge in [0, 0.05) is 10.7 Å². The first kappa shape index (κ1) is 10.8. The molecule has 0 spiro atoms. The zero-order valence-corrected chi connectivity index (χ0v) is 9.75. The second-order valence-electron chi connectivity index (χ2n) is 3.67. The largest absolute Gasteiger partial charge is 0.397 e. The van der Waals surface area contributed by atoms with Crippen LogP contribution in [0.2, 0.25) is 5.02 Å². The number of aryl methyl sites for hydroxylation is 1. The van der Waals surface area contributed by atoms with Gasteiger partial charge in [0.1, 0.15) is 0 Å². The Hall–Kier alpha value is -1.67. The van der Waals surface area contributed by atoms with E-state index in [4.69, 9.17) is 17.3 Å². The van der Waals surface area contributed by atoms with Crippen molar-refractivity contribution in [2.45, 2.75) is 6.92 Å². The third kappa shape index (κ3) is 2.28. The lowest BCUT2D eigenvalue weighted by molar-refractivity contribution is 1.43. The van der Waals surface area contributed by atoms with Gasteiger partial charge in [-0.1, -0.05) is 23.7 Å². The van der Waals surface area contributed by atoms with E-state index in [0.717, 1.165) is 27.6 Å². The summed E-state index contributed by atoms with van der Waals surface area (Å²) >= 11 is 5.82. The zero-order chi connectivity index (χ0) is 11.5. The van der Waals surface area contributed by atoms with Crippen molar-refractivity contribution in [2.24, 2.45) is 0 Å². The maximum absolute atomic E-state index is 5.91. The SMILES string of the molecule is Cc1cccc(N)c1Nc1ccc(Cl)cc1. The third-order valence-corrected chi connectivity index (χ3v) is 2.67. The molecule has 3 heteroatoms. The summed E-state index contributed by atoms with van der Waals surface area (Å²) in [6.07, 6.45) is 0. The van der Waals surface area contributed by atoms with E-state index in [-0.39, 0.29) is 0 Å². The molecule has 0 heterocycles. The minimum atomic E-state index is 0.725. The Labute approximate surface area is 100 Å². The van der Waals surface area contributed by atoms with Gasteiger partial charge in [0.15, 0.2) is 0 Å². The fourth-order valence-electron chi connectivity index (χ4n) is 1.54.